The van der Waals surface area contributed by atoms with Gasteiger partial charge in [-0.2, -0.15) is 4.98 Å². The predicted octanol–water partition coefficient (Wildman–Crippen LogP) is 2.86. The Balaban J connectivity index is 1.80. The lowest BCUT2D eigenvalue weighted by molar-refractivity contribution is 0.895. The second-order valence-corrected chi connectivity index (χ2v) is 5.90. The smallest absolute Gasteiger partial charge is 0.309 e. The van der Waals surface area contributed by atoms with Gasteiger partial charge in [-0.15, -0.1) is 11.8 Å². The molecular weight excluding hydrogens is 256 g/mol. The van der Waals surface area contributed by atoms with Crippen molar-refractivity contribution in [1.82, 2.24) is 9.97 Å². The van der Waals surface area contributed by atoms with E-state index in [2.05, 4.69) is 41.2 Å². The molecule has 0 unspecified atom stereocenters. The molecular formula is C15H16N2OS. The molecule has 1 N–H and O–H groups in total. The highest BCUT2D eigenvalue weighted by Crippen LogP contribution is 2.29. The van der Waals surface area contributed by atoms with Crippen molar-refractivity contribution in [3.8, 4) is 0 Å². The van der Waals surface area contributed by atoms with Crippen molar-refractivity contribution in [2.24, 2.45) is 0 Å². The van der Waals surface area contributed by atoms with Crippen molar-refractivity contribution in [2.75, 3.05) is 0 Å². The number of aromatic amines is 1. The molecule has 0 atom stereocenters. The van der Waals surface area contributed by atoms with Crippen LogP contribution in [0.25, 0.3) is 0 Å². The number of benzene rings is 1. The third-order valence-corrected chi connectivity index (χ3v) is 4.52. The van der Waals surface area contributed by atoms with E-state index < -0.39 is 0 Å². The highest BCUT2D eigenvalue weighted by atomic mass is 32.2. The molecule has 1 heterocycles. The van der Waals surface area contributed by atoms with E-state index >= 15 is 0 Å². The number of aryl methyl sites for hydroxylation is 2. The summed E-state index contributed by atoms with van der Waals surface area (Å²) in [5.41, 5.74) is 4.66. The normalized spacial score (nSPS) is 13.5. The number of nitrogens with zero attached hydrogens (tertiary/aromatic N) is 1. The molecule has 0 saturated carbocycles. The van der Waals surface area contributed by atoms with Crippen LogP contribution >= 0.6 is 11.8 Å². The predicted molar refractivity (Wildman–Crippen MR) is 77.6 cm³/mol. The fraction of sp³-hybridized carbons (Fsp3) is 0.333. The standard InChI is InChI=1S/C15H16N2OS/c1-10-5-7-11(8-6-10)9-19-14-12-3-2-4-13(12)16-15(18)17-14/h5-8H,2-4,9H2,1H3,(H,16,17,18). The van der Waals surface area contributed by atoms with Crippen molar-refractivity contribution in [3.05, 3.63) is 57.1 Å². The van der Waals surface area contributed by atoms with Gasteiger partial charge in [0.05, 0.1) is 0 Å². The Morgan fingerprint density at radius 1 is 1.26 bits per heavy atom. The molecule has 0 radical (unpaired) electrons. The number of H-pyrrole nitrogens is 1. The summed E-state index contributed by atoms with van der Waals surface area (Å²) < 4.78 is 0. The minimum absolute atomic E-state index is 0.216. The van der Waals surface area contributed by atoms with Gasteiger partial charge in [-0.25, -0.2) is 4.79 Å². The number of thioether (sulfide) groups is 1. The average molecular weight is 272 g/mol. The number of fused-ring (bicyclic) bond motifs is 1. The number of hydrogen-bond donors (Lipinski definition) is 1. The number of rotatable bonds is 3. The van der Waals surface area contributed by atoms with Crippen LogP contribution in [0.3, 0.4) is 0 Å². The monoisotopic (exact) mass is 272 g/mol. The molecule has 1 aromatic carbocycles. The SMILES string of the molecule is Cc1ccc(CSc2nc(=O)[nH]c3c2CCC3)cc1. The number of hydrogen-bond acceptors (Lipinski definition) is 3. The molecule has 0 saturated heterocycles. The van der Waals surface area contributed by atoms with Crippen LogP contribution in [0.4, 0.5) is 0 Å². The molecule has 1 aromatic heterocycles. The molecule has 1 aliphatic rings. The maximum Gasteiger partial charge on any atom is 0.346 e. The zero-order chi connectivity index (χ0) is 13.2. The van der Waals surface area contributed by atoms with Gasteiger partial charge in [-0.3, -0.25) is 0 Å². The zero-order valence-electron chi connectivity index (χ0n) is 10.9. The van der Waals surface area contributed by atoms with Crippen LogP contribution in [0.2, 0.25) is 0 Å². The van der Waals surface area contributed by atoms with E-state index in [0.717, 1.165) is 35.7 Å². The molecule has 0 bridgehead atoms. The Kier molecular flexibility index (Phi) is 3.42. The fourth-order valence-corrected chi connectivity index (χ4v) is 3.43. The Bertz CT molecular complexity index is 646. The highest BCUT2D eigenvalue weighted by Gasteiger charge is 2.17. The van der Waals surface area contributed by atoms with Gasteiger partial charge in [-0.05, 0) is 31.7 Å². The third-order valence-electron chi connectivity index (χ3n) is 3.43. The molecule has 3 rings (SSSR count). The van der Waals surface area contributed by atoms with Crippen LogP contribution in [-0.2, 0) is 18.6 Å². The van der Waals surface area contributed by atoms with Crippen molar-refractivity contribution >= 4 is 11.8 Å². The molecule has 0 amide bonds. The summed E-state index contributed by atoms with van der Waals surface area (Å²) in [6.45, 7) is 2.09. The Morgan fingerprint density at radius 2 is 2.05 bits per heavy atom. The van der Waals surface area contributed by atoms with E-state index in [1.807, 2.05) is 0 Å². The lowest BCUT2D eigenvalue weighted by Crippen LogP contribution is -2.14. The quantitative estimate of drug-likeness (QED) is 0.690. The summed E-state index contributed by atoms with van der Waals surface area (Å²) in [5, 5.41) is 0.914. The second kappa shape index (κ2) is 5.21. The third kappa shape index (κ3) is 2.73. The van der Waals surface area contributed by atoms with Crippen LogP contribution in [-0.4, -0.2) is 9.97 Å². The second-order valence-electron chi connectivity index (χ2n) is 4.93. The summed E-state index contributed by atoms with van der Waals surface area (Å²) in [6, 6.07) is 8.50. The lowest BCUT2D eigenvalue weighted by atomic mass is 10.2. The van der Waals surface area contributed by atoms with E-state index in [4.69, 9.17) is 0 Å². The topological polar surface area (TPSA) is 45.8 Å². The molecule has 98 valence electrons. The molecule has 2 aromatic rings. The molecule has 1 aliphatic carbocycles. The zero-order valence-corrected chi connectivity index (χ0v) is 11.7. The highest BCUT2D eigenvalue weighted by molar-refractivity contribution is 7.98. The fourth-order valence-electron chi connectivity index (χ4n) is 2.39. The lowest BCUT2D eigenvalue weighted by Gasteiger charge is -2.06. The summed E-state index contributed by atoms with van der Waals surface area (Å²) in [5.74, 6) is 0.864. The van der Waals surface area contributed by atoms with Crippen LogP contribution in [0, 0.1) is 6.92 Å². The van der Waals surface area contributed by atoms with Gasteiger partial charge in [0.1, 0.15) is 5.03 Å². The summed E-state index contributed by atoms with van der Waals surface area (Å²) in [6.07, 6.45) is 3.13. The van der Waals surface area contributed by atoms with Crippen molar-refractivity contribution < 1.29 is 0 Å². The minimum atomic E-state index is -0.216. The van der Waals surface area contributed by atoms with Gasteiger partial charge in [0.2, 0.25) is 0 Å². The number of aromatic nitrogens is 2. The van der Waals surface area contributed by atoms with E-state index in [0.29, 0.717) is 0 Å². The first kappa shape index (κ1) is 12.5. The summed E-state index contributed by atoms with van der Waals surface area (Å²) in [7, 11) is 0. The minimum Gasteiger partial charge on any atom is -0.309 e. The Labute approximate surface area is 116 Å². The molecule has 19 heavy (non-hydrogen) atoms. The van der Waals surface area contributed by atoms with Crippen molar-refractivity contribution in [1.29, 1.82) is 0 Å². The van der Waals surface area contributed by atoms with Crippen LogP contribution in [0.5, 0.6) is 0 Å². The molecule has 0 spiro atoms. The Morgan fingerprint density at radius 3 is 2.84 bits per heavy atom. The first-order valence-corrected chi connectivity index (χ1v) is 7.51. The average Bonchev–Trinajstić information content (AvgIpc) is 2.85. The molecule has 4 heteroatoms. The van der Waals surface area contributed by atoms with Crippen molar-refractivity contribution in [2.45, 2.75) is 37.0 Å². The van der Waals surface area contributed by atoms with E-state index in [1.165, 1.54) is 16.7 Å². The van der Waals surface area contributed by atoms with Gasteiger partial charge in [0, 0.05) is 17.0 Å². The molecule has 3 nitrogen and oxygen atoms in total. The first-order valence-electron chi connectivity index (χ1n) is 6.53. The van der Waals surface area contributed by atoms with Gasteiger partial charge in [-0.1, -0.05) is 29.8 Å². The number of nitrogens with one attached hydrogen (secondary N) is 1. The largest absolute Gasteiger partial charge is 0.346 e. The van der Waals surface area contributed by atoms with Gasteiger partial charge in [0.25, 0.3) is 0 Å². The van der Waals surface area contributed by atoms with E-state index in [9.17, 15) is 4.79 Å². The van der Waals surface area contributed by atoms with Crippen LogP contribution in [0.1, 0.15) is 28.8 Å². The molecule has 0 aliphatic heterocycles. The summed E-state index contributed by atoms with van der Waals surface area (Å²) >= 11 is 1.67. The van der Waals surface area contributed by atoms with Crippen LogP contribution in [0.15, 0.2) is 34.1 Å². The van der Waals surface area contributed by atoms with E-state index in [1.54, 1.807) is 11.8 Å². The van der Waals surface area contributed by atoms with Crippen LogP contribution < -0.4 is 5.69 Å². The van der Waals surface area contributed by atoms with Gasteiger partial charge in [0.15, 0.2) is 0 Å². The maximum absolute atomic E-state index is 11.5. The van der Waals surface area contributed by atoms with Gasteiger partial charge >= 0.3 is 5.69 Å². The first-order chi connectivity index (χ1) is 9.22. The van der Waals surface area contributed by atoms with Gasteiger partial charge < -0.3 is 4.98 Å². The van der Waals surface area contributed by atoms with Crippen molar-refractivity contribution in [3.63, 3.8) is 0 Å². The molecule has 0 fully saturated rings. The van der Waals surface area contributed by atoms with E-state index in [-0.39, 0.29) is 5.69 Å². The Hall–Kier alpha value is -1.55. The maximum atomic E-state index is 11.5. The summed E-state index contributed by atoms with van der Waals surface area (Å²) in [4.78, 5) is 18.5.